The van der Waals surface area contributed by atoms with Crippen molar-refractivity contribution in [1.29, 1.82) is 0 Å². The Kier molecular flexibility index (Phi) is 118. The Balaban J connectivity index is -0.0000000131. The van der Waals surface area contributed by atoms with E-state index in [0.29, 0.717) is 0 Å². The molecule has 10 heavy (non-hydrogen) atoms. The van der Waals surface area contributed by atoms with E-state index in [-0.39, 0.29) is 48.3 Å². The molecule has 0 aliphatic carbocycles. The quantitative estimate of drug-likeness (QED) is 0.276. The molecule has 0 atom stereocenters. The van der Waals surface area contributed by atoms with Crippen LogP contribution in [-0.4, -0.2) is 5.09 Å². The zero-order valence-corrected chi connectivity index (χ0v) is 8.82. The molecule has 0 aromatic rings. The zero-order chi connectivity index (χ0) is 6.28. The third kappa shape index (κ3) is 95100. The van der Waals surface area contributed by atoms with Gasteiger partial charge in [-0.15, -0.1) is 5.34 Å². The Hall–Kier alpha value is -0.0634. The molecule has 0 aromatic carbocycles. The summed E-state index contributed by atoms with van der Waals surface area (Å²) in [5.74, 6) is 0. The molecule has 0 unspecified atom stereocenters. The molecule has 0 amide bonds. The Bertz CT molecular complexity index is 61.9. The largest absolute Gasteiger partial charge is 0.444 e. The van der Waals surface area contributed by atoms with Crippen molar-refractivity contribution in [2.75, 3.05) is 0 Å². The summed E-state index contributed by atoms with van der Waals surface area (Å²) >= 11 is 0. The molecule has 0 heterocycles. The number of nitrogens with zero attached hydrogens (tertiary/aromatic N) is 2. The van der Waals surface area contributed by atoms with E-state index < -0.39 is 5.09 Å². The maximum Gasteiger partial charge on any atom is 0.0689 e. The Morgan fingerprint density at radius 1 is 1.20 bits per heavy atom. The van der Waals surface area contributed by atoms with E-state index in [4.69, 9.17) is 25.4 Å². The summed E-state index contributed by atoms with van der Waals surface area (Å²) < 4.78 is 0. The molecule has 0 saturated heterocycles. The van der Waals surface area contributed by atoms with Gasteiger partial charge in [0, 0.05) is 42.1 Å². The first-order valence-corrected chi connectivity index (χ1v) is 0.913. The Labute approximate surface area is 84.1 Å². The normalized spacial score (nSPS) is 3.60. The number of rotatable bonds is 0. The van der Waals surface area contributed by atoms with E-state index in [9.17, 15) is 0 Å². The maximum atomic E-state index is 8.25. The van der Waals surface area contributed by atoms with Crippen LogP contribution in [0.2, 0.25) is 0 Å². The second-order valence-corrected chi connectivity index (χ2v) is 0.298. The van der Waals surface area contributed by atoms with E-state index in [1.807, 2.05) is 0 Å². The molecule has 70 valence electrons. The molecule has 3 N–H and O–H groups in total. The Morgan fingerprint density at radius 2 is 1.20 bits per heavy atom. The monoisotopic (exact) mass is 515 g/mol. The van der Waals surface area contributed by atoms with Gasteiger partial charge in [-0.1, -0.05) is 0 Å². The summed E-state index contributed by atoms with van der Waals surface area (Å²) in [6, 6.07) is 0. The van der Waals surface area contributed by atoms with Gasteiger partial charge in [-0.3, -0.25) is 0 Å². The molecular weight excluding hydrogens is 512 g/mol. The molecule has 0 saturated carbocycles. The first kappa shape index (κ1) is 32.6. The van der Waals surface area contributed by atoms with Gasteiger partial charge < -0.3 is 31.6 Å². The summed E-state index contributed by atoms with van der Waals surface area (Å²) in [5, 5.41) is 23.8. The van der Waals surface area contributed by atoms with E-state index in [2.05, 4.69) is 0 Å². The summed E-state index contributed by atoms with van der Waals surface area (Å²) in [5.41, 5.74) is 0. The average Bonchev–Trinajstić information content (AvgIpc) is 1.33. The molecule has 0 rings (SSSR count). The zero-order valence-electron chi connectivity index (χ0n) is 4.28. The van der Waals surface area contributed by atoms with Crippen LogP contribution in [0, 0.1) is 25.4 Å². The van der Waals surface area contributed by atoms with Crippen LogP contribution >= 0.6 is 0 Å². The van der Waals surface area contributed by atoms with Gasteiger partial charge in [-0.2, -0.15) is 0 Å². The van der Waals surface area contributed by atoms with Crippen molar-refractivity contribution in [3.8, 4) is 0 Å². The molecular formula is H3N3O5Pt2-2. The van der Waals surface area contributed by atoms with Crippen molar-refractivity contribution in [2.45, 2.75) is 0 Å². The van der Waals surface area contributed by atoms with Gasteiger partial charge in [0.15, 0.2) is 0 Å². The van der Waals surface area contributed by atoms with Gasteiger partial charge in [-0.25, -0.2) is 0 Å². The summed E-state index contributed by atoms with van der Waals surface area (Å²) in [4.78, 5) is 16.2. The average molecular weight is 515 g/mol. The SMILES string of the molecule is N.O=N[O-].O=[N+]([O-])[O-].[Pt].[Pt]. The fraction of sp³-hybridized carbons (Fsp3) is 0. The first-order valence-electron chi connectivity index (χ1n) is 0.913. The van der Waals surface area contributed by atoms with Crippen LogP contribution < -0.4 is 6.15 Å². The molecule has 0 bridgehead atoms. The van der Waals surface area contributed by atoms with E-state index >= 15 is 0 Å². The maximum absolute atomic E-state index is 8.25. The van der Waals surface area contributed by atoms with Crippen LogP contribution in [0.25, 0.3) is 0 Å². The van der Waals surface area contributed by atoms with Crippen molar-refractivity contribution in [1.82, 2.24) is 6.15 Å². The molecule has 8 nitrogen and oxygen atoms in total. The molecule has 0 spiro atoms. The van der Waals surface area contributed by atoms with Crippen LogP contribution in [-0.2, 0) is 42.1 Å². The van der Waals surface area contributed by atoms with Gasteiger partial charge in [0.05, 0.1) is 5.09 Å². The second kappa shape index (κ2) is 36.3. The van der Waals surface area contributed by atoms with E-state index in [0.717, 1.165) is 5.34 Å². The van der Waals surface area contributed by atoms with Crippen LogP contribution in [0.3, 0.4) is 0 Å². The Morgan fingerprint density at radius 3 is 1.20 bits per heavy atom. The topological polar surface area (TPSA) is 154 Å². The fourth-order valence-electron chi connectivity index (χ4n) is 0. The molecule has 0 aromatic heterocycles. The van der Waals surface area contributed by atoms with E-state index in [1.54, 1.807) is 0 Å². The molecule has 0 fully saturated rings. The summed E-state index contributed by atoms with van der Waals surface area (Å²) in [6.07, 6.45) is 0. The molecule has 0 aliphatic heterocycles. The van der Waals surface area contributed by atoms with Crippen LogP contribution in [0.4, 0.5) is 0 Å². The van der Waals surface area contributed by atoms with Gasteiger partial charge in [-0.05, 0) is 0 Å². The van der Waals surface area contributed by atoms with Crippen LogP contribution in [0.5, 0.6) is 0 Å². The van der Waals surface area contributed by atoms with Gasteiger partial charge in [0.1, 0.15) is 0 Å². The van der Waals surface area contributed by atoms with Gasteiger partial charge in [0.2, 0.25) is 0 Å². The molecule has 0 radical (unpaired) electrons. The number of hydrogen-bond donors (Lipinski definition) is 1. The van der Waals surface area contributed by atoms with Crippen molar-refractivity contribution in [3.05, 3.63) is 25.4 Å². The molecule has 10 heteroatoms. The van der Waals surface area contributed by atoms with Crippen molar-refractivity contribution in [3.63, 3.8) is 0 Å². The second-order valence-electron chi connectivity index (χ2n) is 0.298. The smallest absolute Gasteiger partial charge is 0.0689 e. The molecule has 0 aliphatic rings. The summed E-state index contributed by atoms with van der Waals surface area (Å²) in [6.45, 7) is 0. The minimum atomic E-state index is -1.75. The van der Waals surface area contributed by atoms with Crippen LogP contribution in [0.15, 0.2) is 5.34 Å². The van der Waals surface area contributed by atoms with Crippen molar-refractivity contribution >= 4 is 0 Å². The van der Waals surface area contributed by atoms with Gasteiger partial charge >= 0.3 is 0 Å². The predicted molar refractivity (Wildman–Crippen MR) is 24.5 cm³/mol. The van der Waals surface area contributed by atoms with Gasteiger partial charge in [0.25, 0.3) is 0 Å². The van der Waals surface area contributed by atoms with Crippen molar-refractivity contribution in [2.24, 2.45) is 5.34 Å². The minimum absolute atomic E-state index is 0. The third-order valence-corrected chi connectivity index (χ3v) is 0. The predicted octanol–water partition coefficient (Wildman–Crippen LogP) is 0.168. The van der Waals surface area contributed by atoms with E-state index in [1.165, 1.54) is 0 Å². The third-order valence-electron chi connectivity index (χ3n) is 0. The standard InChI is InChI=1S/NO3.HNO2.H3N.2Pt/c2-1(3)4;2-1-3;;;/h;(H,2,3);1H3;;/q-1;;;;/p-1. The van der Waals surface area contributed by atoms with Crippen LogP contribution in [0.1, 0.15) is 0 Å². The summed E-state index contributed by atoms with van der Waals surface area (Å²) in [7, 11) is 0. The van der Waals surface area contributed by atoms with Crippen molar-refractivity contribution < 1.29 is 47.2 Å². The number of hydrogen-bond acceptors (Lipinski definition) is 7. The first-order chi connectivity index (χ1) is 3.15. The fourth-order valence-corrected chi connectivity index (χ4v) is 0. The minimum Gasteiger partial charge on any atom is -0.444 e.